The van der Waals surface area contributed by atoms with Crippen molar-refractivity contribution in [3.63, 3.8) is 0 Å². The molecular weight excluding hydrogens is 841 g/mol. The molecule has 0 aliphatic rings. The first kappa shape index (κ1) is 65.9. The first-order chi connectivity index (χ1) is 33.5. The Morgan fingerprint density at radius 1 is 0.294 bits per heavy atom. The van der Waals surface area contributed by atoms with Crippen LogP contribution in [0.1, 0.15) is 335 Å². The van der Waals surface area contributed by atoms with Gasteiger partial charge in [0.05, 0.1) is 0 Å². The Labute approximate surface area is 423 Å². The first-order valence-electron chi connectivity index (χ1n) is 30.3. The van der Waals surface area contributed by atoms with Crippen LogP contribution in [-0.2, 0) is 28.6 Å². The molecule has 400 valence electrons. The van der Waals surface area contributed by atoms with E-state index in [-0.39, 0.29) is 31.1 Å². The molecule has 0 rings (SSSR count). The van der Waals surface area contributed by atoms with Crippen LogP contribution in [0.4, 0.5) is 0 Å². The van der Waals surface area contributed by atoms with Gasteiger partial charge < -0.3 is 14.2 Å². The van der Waals surface area contributed by atoms with Crippen LogP contribution in [0.3, 0.4) is 0 Å². The average Bonchev–Trinajstić information content (AvgIpc) is 3.34. The second kappa shape index (κ2) is 57.5. The Morgan fingerprint density at radius 3 is 0.809 bits per heavy atom. The van der Waals surface area contributed by atoms with Gasteiger partial charge in [0, 0.05) is 19.3 Å². The number of rotatable bonds is 56. The second-order valence-corrected chi connectivity index (χ2v) is 20.6. The summed E-state index contributed by atoms with van der Waals surface area (Å²) < 4.78 is 16.8. The summed E-state index contributed by atoms with van der Waals surface area (Å²) in [7, 11) is 0. The molecule has 6 nitrogen and oxygen atoms in total. The van der Waals surface area contributed by atoms with Gasteiger partial charge in [-0.1, -0.05) is 289 Å². The molecule has 1 unspecified atom stereocenters. The van der Waals surface area contributed by atoms with Crippen molar-refractivity contribution in [2.45, 2.75) is 341 Å². The van der Waals surface area contributed by atoms with E-state index in [0.29, 0.717) is 19.3 Å². The Bertz CT molecular complexity index is 1100. The van der Waals surface area contributed by atoms with E-state index < -0.39 is 6.10 Å². The lowest BCUT2D eigenvalue weighted by atomic mass is 10.0. The minimum Gasteiger partial charge on any atom is -0.462 e. The SMILES string of the molecule is CCCCCCC/C=C\C/C=C\CCCCCCCCCCCC(=O)OC(COC(=O)CCCCCCCC)COC(=O)CCCCCCCCCCCCCCCCCCCCCCCCC. The smallest absolute Gasteiger partial charge is 0.306 e. The highest BCUT2D eigenvalue weighted by Gasteiger charge is 2.19. The maximum absolute atomic E-state index is 12.8. The third kappa shape index (κ3) is 54.8. The second-order valence-electron chi connectivity index (χ2n) is 20.6. The maximum atomic E-state index is 12.8. The Morgan fingerprint density at radius 2 is 0.529 bits per heavy atom. The van der Waals surface area contributed by atoms with Gasteiger partial charge in [-0.3, -0.25) is 14.4 Å². The molecule has 68 heavy (non-hydrogen) atoms. The van der Waals surface area contributed by atoms with Crippen molar-refractivity contribution in [2.24, 2.45) is 0 Å². The monoisotopic (exact) mass is 957 g/mol. The Hall–Kier alpha value is -2.11. The number of unbranched alkanes of at least 4 members (excludes halogenated alkanes) is 41. The van der Waals surface area contributed by atoms with Crippen LogP contribution >= 0.6 is 0 Å². The third-order valence-electron chi connectivity index (χ3n) is 13.7. The molecule has 6 heteroatoms. The van der Waals surface area contributed by atoms with Crippen molar-refractivity contribution in [3.8, 4) is 0 Å². The summed E-state index contributed by atoms with van der Waals surface area (Å²) in [6.07, 6.45) is 67.9. The molecular formula is C62H116O6. The van der Waals surface area contributed by atoms with E-state index in [1.807, 2.05) is 0 Å². The molecule has 0 aliphatic heterocycles. The zero-order valence-electron chi connectivity index (χ0n) is 45.9. The Balaban J connectivity index is 4.07. The minimum atomic E-state index is -0.767. The molecule has 0 saturated carbocycles. The normalized spacial score (nSPS) is 12.1. The minimum absolute atomic E-state index is 0.0683. The van der Waals surface area contributed by atoms with Gasteiger partial charge in [0.1, 0.15) is 13.2 Å². The summed E-state index contributed by atoms with van der Waals surface area (Å²) in [5.74, 6) is -0.862. The zero-order chi connectivity index (χ0) is 49.3. The number of ether oxygens (including phenoxy) is 3. The summed E-state index contributed by atoms with van der Waals surface area (Å²) in [6, 6.07) is 0. The first-order valence-corrected chi connectivity index (χ1v) is 30.3. The highest BCUT2D eigenvalue weighted by atomic mass is 16.6. The van der Waals surface area contributed by atoms with Gasteiger partial charge in [-0.15, -0.1) is 0 Å². The number of hydrogen-bond acceptors (Lipinski definition) is 6. The molecule has 0 aliphatic carbocycles. The van der Waals surface area contributed by atoms with E-state index >= 15 is 0 Å². The van der Waals surface area contributed by atoms with Crippen molar-refractivity contribution in [1.82, 2.24) is 0 Å². The van der Waals surface area contributed by atoms with Crippen molar-refractivity contribution >= 4 is 17.9 Å². The van der Waals surface area contributed by atoms with Gasteiger partial charge in [-0.2, -0.15) is 0 Å². The van der Waals surface area contributed by atoms with Crippen LogP contribution in [0, 0.1) is 0 Å². The maximum Gasteiger partial charge on any atom is 0.306 e. The zero-order valence-corrected chi connectivity index (χ0v) is 45.9. The molecule has 0 N–H and O–H groups in total. The van der Waals surface area contributed by atoms with E-state index in [0.717, 1.165) is 64.2 Å². The highest BCUT2D eigenvalue weighted by molar-refractivity contribution is 5.71. The lowest BCUT2D eigenvalue weighted by Gasteiger charge is -2.18. The van der Waals surface area contributed by atoms with Gasteiger partial charge in [0.15, 0.2) is 6.10 Å². The van der Waals surface area contributed by atoms with Gasteiger partial charge in [-0.05, 0) is 51.4 Å². The highest BCUT2D eigenvalue weighted by Crippen LogP contribution is 2.17. The molecule has 0 amide bonds. The van der Waals surface area contributed by atoms with E-state index in [1.54, 1.807) is 0 Å². The fourth-order valence-electron chi connectivity index (χ4n) is 9.12. The van der Waals surface area contributed by atoms with E-state index in [2.05, 4.69) is 45.1 Å². The molecule has 0 fully saturated rings. The van der Waals surface area contributed by atoms with Crippen LogP contribution in [0.15, 0.2) is 24.3 Å². The van der Waals surface area contributed by atoms with Gasteiger partial charge in [0.2, 0.25) is 0 Å². The quantitative estimate of drug-likeness (QED) is 0.0262. The molecule has 0 aromatic heterocycles. The molecule has 0 saturated heterocycles. The summed E-state index contributed by atoms with van der Waals surface area (Å²) in [4.78, 5) is 37.9. The molecule has 0 spiro atoms. The number of hydrogen-bond donors (Lipinski definition) is 0. The predicted octanol–water partition coefficient (Wildman–Crippen LogP) is 20.3. The molecule has 0 radical (unpaired) electrons. The third-order valence-corrected chi connectivity index (χ3v) is 13.7. The summed E-state index contributed by atoms with van der Waals surface area (Å²) >= 11 is 0. The van der Waals surface area contributed by atoms with E-state index in [9.17, 15) is 14.4 Å². The van der Waals surface area contributed by atoms with Crippen molar-refractivity contribution in [1.29, 1.82) is 0 Å². The van der Waals surface area contributed by atoms with Crippen LogP contribution in [0.2, 0.25) is 0 Å². The number of carbonyl (C=O) groups excluding carboxylic acids is 3. The molecule has 0 heterocycles. The fourth-order valence-corrected chi connectivity index (χ4v) is 9.12. The van der Waals surface area contributed by atoms with Crippen LogP contribution < -0.4 is 0 Å². The van der Waals surface area contributed by atoms with Gasteiger partial charge in [-0.25, -0.2) is 0 Å². The summed E-state index contributed by atoms with van der Waals surface area (Å²) in [5, 5.41) is 0. The van der Waals surface area contributed by atoms with Gasteiger partial charge in [0.25, 0.3) is 0 Å². The summed E-state index contributed by atoms with van der Waals surface area (Å²) in [5.41, 5.74) is 0. The largest absolute Gasteiger partial charge is 0.462 e. The van der Waals surface area contributed by atoms with Crippen LogP contribution in [-0.4, -0.2) is 37.2 Å². The fraction of sp³-hybridized carbons (Fsp3) is 0.887. The number of allylic oxidation sites excluding steroid dienone is 4. The molecule has 0 bridgehead atoms. The van der Waals surface area contributed by atoms with Gasteiger partial charge >= 0.3 is 17.9 Å². The van der Waals surface area contributed by atoms with Crippen LogP contribution in [0.25, 0.3) is 0 Å². The standard InChI is InChI=1S/C62H116O6/c1-4-7-10-13-16-18-20-22-24-26-28-30-31-33-34-36-38-40-42-44-46-49-52-55-61(64)67-58-59(57-66-60(63)54-51-48-15-12-9-6-3)68-62(65)56-53-50-47-45-43-41-39-37-35-32-29-27-25-23-21-19-17-14-11-8-5-2/h21,23,27,29,59H,4-20,22,24-26,28,30-58H2,1-3H3/b23-21-,29-27-. The van der Waals surface area contributed by atoms with Crippen molar-refractivity contribution in [2.75, 3.05) is 13.2 Å². The van der Waals surface area contributed by atoms with Crippen molar-refractivity contribution in [3.05, 3.63) is 24.3 Å². The lowest BCUT2D eigenvalue weighted by Crippen LogP contribution is -2.30. The topological polar surface area (TPSA) is 78.9 Å². The van der Waals surface area contributed by atoms with E-state index in [1.165, 1.54) is 231 Å². The lowest BCUT2D eigenvalue weighted by molar-refractivity contribution is -0.167. The Kier molecular flexibility index (Phi) is 55.7. The number of esters is 3. The summed E-state index contributed by atoms with van der Waals surface area (Å²) in [6.45, 7) is 6.62. The van der Waals surface area contributed by atoms with Crippen LogP contribution in [0.5, 0.6) is 0 Å². The molecule has 0 aromatic rings. The van der Waals surface area contributed by atoms with E-state index in [4.69, 9.17) is 14.2 Å². The van der Waals surface area contributed by atoms with Crippen molar-refractivity contribution < 1.29 is 28.6 Å². The predicted molar refractivity (Wildman–Crippen MR) is 293 cm³/mol. The molecule has 1 atom stereocenters. The number of carbonyl (C=O) groups is 3. The average molecular weight is 958 g/mol. The molecule has 0 aromatic carbocycles.